The molecule has 1 unspecified atom stereocenters. The van der Waals surface area contributed by atoms with Crippen LogP contribution >= 0.6 is 0 Å². The summed E-state index contributed by atoms with van der Waals surface area (Å²) < 4.78 is 22.8. The van der Waals surface area contributed by atoms with Crippen LogP contribution in [0.3, 0.4) is 0 Å². The topological polar surface area (TPSA) is 153 Å². The zero-order valence-corrected chi connectivity index (χ0v) is 33.3. The Hall–Kier alpha value is -2.28. The molecule has 52 heavy (non-hydrogen) atoms. The molecule has 11 rings (SSSR count). The standard InChI is InChI=1S/C20H32N2O4.C18H28N2O4.C2H6/c1-11-15(19(2,3)9-21-11)17(23)25-12-5-6-13(7-12)26-18(24)16-14-8-20(16,4)10-22-14;1-9(23-15(21)13-11-5-17(13,3)7-19-11)10(2)24-16(22)14-12-6-18(14,4)8-20-12;1-2/h11-16,21-22H,5-10H2,1-4H3;9-14,19-20H,5-8H2,1-4H3;1-2H3/t11-,12-,13-,14?,15+,16+,20-;9-,10-,11+,12+,13-,14-,17+,18+;/m10./s1. The lowest BCUT2D eigenvalue weighted by Gasteiger charge is -2.43. The van der Waals surface area contributed by atoms with Gasteiger partial charge in [0.1, 0.15) is 24.4 Å². The zero-order chi connectivity index (χ0) is 38.0. The van der Waals surface area contributed by atoms with E-state index in [4.69, 9.17) is 18.9 Å². The maximum absolute atomic E-state index is 12.7. The fourth-order valence-corrected chi connectivity index (χ4v) is 10.9. The van der Waals surface area contributed by atoms with Gasteiger partial charge in [0, 0.05) is 56.8 Å². The van der Waals surface area contributed by atoms with E-state index in [9.17, 15) is 19.2 Å². The highest BCUT2D eigenvalue weighted by Crippen LogP contribution is 2.54. The van der Waals surface area contributed by atoms with Gasteiger partial charge in [-0.05, 0) is 74.5 Å². The van der Waals surface area contributed by atoms with Crippen molar-refractivity contribution in [1.82, 2.24) is 21.3 Å². The molecule has 11 aliphatic rings. The summed E-state index contributed by atoms with van der Waals surface area (Å²) in [4.78, 5) is 50.1. The van der Waals surface area contributed by atoms with Crippen molar-refractivity contribution in [3.63, 3.8) is 0 Å². The van der Waals surface area contributed by atoms with Crippen LogP contribution in [-0.4, -0.2) is 98.6 Å². The van der Waals surface area contributed by atoms with E-state index < -0.39 is 12.2 Å². The molecule has 0 aromatic heterocycles. The van der Waals surface area contributed by atoms with Crippen LogP contribution in [0.25, 0.3) is 0 Å². The monoisotopic (exact) mass is 730 g/mol. The van der Waals surface area contributed by atoms with Gasteiger partial charge in [-0.2, -0.15) is 0 Å². The molecule has 0 radical (unpaired) electrons. The summed E-state index contributed by atoms with van der Waals surface area (Å²) in [6, 6.07) is 0.935. The van der Waals surface area contributed by atoms with Crippen LogP contribution in [0.1, 0.15) is 108 Å². The van der Waals surface area contributed by atoms with E-state index in [1.54, 1.807) is 0 Å². The average molecular weight is 731 g/mol. The maximum Gasteiger partial charge on any atom is 0.311 e. The van der Waals surface area contributed by atoms with E-state index in [1.165, 1.54) is 0 Å². The van der Waals surface area contributed by atoms with Crippen LogP contribution in [0.15, 0.2) is 0 Å². The Morgan fingerprint density at radius 2 is 0.923 bits per heavy atom. The van der Waals surface area contributed by atoms with Gasteiger partial charge in [-0.25, -0.2) is 0 Å². The lowest BCUT2D eigenvalue weighted by Crippen LogP contribution is -2.52. The number of hydrogen-bond donors (Lipinski definition) is 4. The molecule has 12 nitrogen and oxygen atoms in total. The van der Waals surface area contributed by atoms with Crippen molar-refractivity contribution in [3.05, 3.63) is 0 Å². The smallest absolute Gasteiger partial charge is 0.311 e. The number of fused-ring (bicyclic) bond motifs is 3. The van der Waals surface area contributed by atoms with Crippen molar-refractivity contribution >= 4 is 23.9 Å². The molecular formula is C40H66N4O8. The first-order valence-electron chi connectivity index (χ1n) is 20.2. The molecule has 4 N–H and O–H groups in total. The van der Waals surface area contributed by atoms with Gasteiger partial charge in [-0.3, -0.25) is 19.2 Å². The fourth-order valence-electron chi connectivity index (χ4n) is 10.9. The summed E-state index contributed by atoms with van der Waals surface area (Å²) >= 11 is 0. The highest BCUT2D eigenvalue weighted by atomic mass is 16.6. The second-order valence-corrected chi connectivity index (χ2v) is 18.8. The molecule has 4 aliphatic carbocycles. The Labute approximate surface area is 310 Å². The number of hydrogen-bond acceptors (Lipinski definition) is 12. The quantitative estimate of drug-likeness (QED) is 0.203. The van der Waals surface area contributed by atoms with Crippen LogP contribution in [0.4, 0.5) is 0 Å². The number of nitrogens with one attached hydrogen (secondary N) is 4. The molecular weight excluding hydrogens is 664 g/mol. The summed E-state index contributed by atoms with van der Waals surface area (Å²) in [5.74, 6) is -0.755. The Morgan fingerprint density at radius 3 is 1.23 bits per heavy atom. The zero-order valence-electron chi connectivity index (χ0n) is 33.3. The van der Waals surface area contributed by atoms with Gasteiger partial charge < -0.3 is 40.2 Å². The van der Waals surface area contributed by atoms with Crippen LogP contribution in [0.5, 0.6) is 0 Å². The van der Waals surface area contributed by atoms with Crippen molar-refractivity contribution in [2.75, 3.05) is 26.2 Å². The van der Waals surface area contributed by atoms with Crippen molar-refractivity contribution in [2.24, 2.45) is 45.3 Å². The number of rotatable bonds is 9. The fraction of sp³-hybridized carbons (Fsp3) is 0.900. The number of esters is 4. The predicted octanol–water partition coefficient (Wildman–Crippen LogP) is 3.50. The Morgan fingerprint density at radius 1 is 0.558 bits per heavy atom. The molecule has 4 saturated carbocycles. The summed E-state index contributed by atoms with van der Waals surface area (Å²) in [5.41, 5.74) is 0.0515. The van der Waals surface area contributed by atoms with E-state index in [-0.39, 0.29) is 99.5 Å². The van der Waals surface area contributed by atoms with Crippen molar-refractivity contribution < 1.29 is 38.1 Å². The minimum absolute atomic E-state index is 0.00434. The molecule has 0 amide bonds. The SMILES string of the molecule is CC.C[C@H](OC(=O)[C@@H]1[C@H]2C[C@]1(C)CN2)[C@H](C)OC(=O)[C@@H]1[C@H]2C[C@]1(C)CN2.C[C@H]1NCC(C)(C)[C@@H]1C(=O)O[C@@H]1CC[C@@H](OC(=O)[C@@H]2C3C[C@]2(C)CN3)C1. The maximum atomic E-state index is 12.7. The van der Waals surface area contributed by atoms with E-state index in [2.05, 4.69) is 55.9 Å². The molecule has 0 aromatic rings. The number of carbonyl (C=O) groups is 4. The van der Waals surface area contributed by atoms with E-state index in [0.717, 1.165) is 58.3 Å². The van der Waals surface area contributed by atoms with Crippen LogP contribution in [-0.2, 0) is 38.1 Å². The third-order valence-corrected chi connectivity index (χ3v) is 14.2. The number of carbonyl (C=O) groups excluding carboxylic acids is 4. The molecule has 7 saturated heterocycles. The molecule has 7 aliphatic heterocycles. The van der Waals surface area contributed by atoms with Crippen LogP contribution in [0, 0.1) is 45.3 Å². The second kappa shape index (κ2) is 14.4. The van der Waals surface area contributed by atoms with Gasteiger partial charge in [0.2, 0.25) is 0 Å². The minimum atomic E-state index is -0.427. The summed E-state index contributed by atoms with van der Waals surface area (Å²) in [6.07, 6.45) is 4.25. The van der Waals surface area contributed by atoms with Crippen molar-refractivity contribution in [1.29, 1.82) is 0 Å². The summed E-state index contributed by atoms with van der Waals surface area (Å²) in [6.45, 7) is 23.8. The Balaban J connectivity index is 0.000000171. The molecule has 0 aromatic carbocycles. The molecule has 294 valence electrons. The molecule has 0 spiro atoms. The van der Waals surface area contributed by atoms with Crippen molar-refractivity contribution in [2.45, 2.75) is 156 Å². The first-order valence-corrected chi connectivity index (χ1v) is 20.2. The third-order valence-electron chi connectivity index (χ3n) is 14.2. The Kier molecular flexibility index (Phi) is 10.9. The summed E-state index contributed by atoms with van der Waals surface area (Å²) in [5, 5.41) is 13.5. The second-order valence-electron chi connectivity index (χ2n) is 18.8. The van der Waals surface area contributed by atoms with E-state index >= 15 is 0 Å². The highest BCUT2D eigenvalue weighted by molar-refractivity contribution is 5.78. The minimum Gasteiger partial charge on any atom is -0.462 e. The molecule has 7 heterocycles. The first-order chi connectivity index (χ1) is 24.4. The number of ether oxygens (including phenoxy) is 4. The van der Waals surface area contributed by atoms with Gasteiger partial charge in [0.05, 0.1) is 23.7 Å². The largest absolute Gasteiger partial charge is 0.462 e. The third kappa shape index (κ3) is 7.03. The van der Waals surface area contributed by atoms with Crippen LogP contribution in [0.2, 0.25) is 0 Å². The van der Waals surface area contributed by atoms with Gasteiger partial charge in [-0.1, -0.05) is 48.5 Å². The molecule has 6 bridgehead atoms. The lowest BCUT2D eigenvalue weighted by molar-refractivity contribution is -0.180. The van der Waals surface area contributed by atoms with Gasteiger partial charge in [0.15, 0.2) is 0 Å². The van der Waals surface area contributed by atoms with Gasteiger partial charge in [-0.15, -0.1) is 0 Å². The van der Waals surface area contributed by atoms with Gasteiger partial charge in [0.25, 0.3) is 0 Å². The predicted molar refractivity (Wildman–Crippen MR) is 195 cm³/mol. The molecule has 15 atom stereocenters. The molecule has 11 fully saturated rings. The highest BCUT2D eigenvalue weighted by Gasteiger charge is 2.62. The van der Waals surface area contributed by atoms with E-state index in [0.29, 0.717) is 12.5 Å². The molecule has 12 heteroatoms. The lowest BCUT2D eigenvalue weighted by atomic mass is 9.62. The van der Waals surface area contributed by atoms with Crippen LogP contribution < -0.4 is 21.3 Å². The normalized spacial score (nSPS) is 45.0. The van der Waals surface area contributed by atoms with E-state index in [1.807, 2.05) is 34.6 Å². The average Bonchev–Trinajstić information content (AvgIpc) is 3.91. The summed E-state index contributed by atoms with van der Waals surface area (Å²) in [7, 11) is 0. The van der Waals surface area contributed by atoms with Crippen molar-refractivity contribution in [3.8, 4) is 0 Å². The first kappa shape index (κ1) is 39.4. The van der Waals surface area contributed by atoms with Gasteiger partial charge >= 0.3 is 23.9 Å². The Bertz CT molecular complexity index is 1330.